The van der Waals surface area contributed by atoms with Crippen molar-refractivity contribution < 1.29 is 18.8 Å². The highest BCUT2D eigenvalue weighted by atomic mass is 19.1. The van der Waals surface area contributed by atoms with Crippen molar-refractivity contribution >= 4 is 23.4 Å². The molecule has 0 saturated carbocycles. The minimum atomic E-state index is -0.447. The predicted octanol–water partition coefficient (Wildman–Crippen LogP) is 3.46. The third kappa shape index (κ3) is 7.88. The van der Waals surface area contributed by atoms with E-state index in [1.54, 1.807) is 18.2 Å². The van der Waals surface area contributed by atoms with Crippen LogP contribution >= 0.6 is 0 Å². The molecule has 3 amide bonds. The minimum Gasteiger partial charge on any atom is -0.345 e. The van der Waals surface area contributed by atoms with E-state index in [1.807, 2.05) is 55.5 Å². The van der Waals surface area contributed by atoms with Gasteiger partial charge in [0.05, 0.1) is 19.5 Å². The van der Waals surface area contributed by atoms with Crippen LogP contribution < -0.4 is 10.6 Å². The van der Waals surface area contributed by atoms with Gasteiger partial charge in [-0.25, -0.2) is 4.39 Å². The van der Waals surface area contributed by atoms with Crippen molar-refractivity contribution in [3.63, 3.8) is 0 Å². The van der Waals surface area contributed by atoms with E-state index in [0.29, 0.717) is 11.3 Å². The highest BCUT2D eigenvalue weighted by Crippen LogP contribution is 2.10. The van der Waals surface area contributed by atoms with Crippen molar-refractivity contribution in [1.82, 2.24) is 10.2 Å². The number of benzene rings is 3. The molecule has 3 rings (SSSR count). The van der Waals surface area contributed by atoms with E-state index < -0.39 is 5.91 Å². The molecule has 0 aliphatic carbocycles. The van der Waals surface area contributed by atoms with Gasteiger partial charge in [-0.2, -0.15) is 0 Å². The zero-order valence-electron chi connectivity index (χ0n) is 18.4. The third-order valence-electron chi connectivity index (χ3n) is 4.92. The Labute approximate surface area is 192 Å². The molecule has 33 heavy (non-hydrogen) atoms. The zero-order valence-corrected chi connectivity index (χ0v) is 18.4. The third-order valence-corrected chi connectivity index (χ3v) is 4.92. The van der Waals surface area contributed by atoms with Crippen molar-refractivity contribution in [2.45, 2.75) is 19.9 Å². The van der Waals surface area contributed by atoms with Gasteiger partial charge >= 0.3 is 0 Å². The Morgan fingerprint density at radius 1 is 0.848 bits per heavy atom. The Morgan fingerprint density at radius 2 is 1.58 bits per heavy atom. The summed E-state index contributed by atoms with van der Waals surface area (Å²) >= 11 is 0. The molecule has 0 atom stereocenters. The number of amides is 3. The average molecular weight is 448 g/mol. The van der Waals surface area contributed by atoms with Crippen molar-refractivity contribution in [2.75, 3.05) is 18.4 Å². The Morgan fingerprint density at radius 3 is 2.27 bits per heavy atom. The van der Waals surface area contributed by atoms with Gasteiger partial charge in [0.25, 0.3) is 0 Å². The summed E-state index contributed by atoms with van der Waals surface area (Å²) in [6, 6.07) is 22.3. The van der Waals surface area contributed by atoms with Crippen LogP contribution in [0.15, 0.2) is 78.9 Å². The number of hydrogen-bond acceptors (Lipinski definition) is 3. The maximum absolute atomic E-state index is 13.2. The molecule has 0 fully saturated rings. The second-order valence-corrected chi connectivity index (χ2v) is 7.73. The van der Waals surface area contributed by atoms with Crippen LogP contribution in [0.25, 0.3) is 0 Å². The lowest BCUT2D eigenvalue weighted by Gasteiger charge is -2.22. The van der Waals surface area contributed by atoms with Gasteiger partial charge in [-0.05, 0) is 47.9 Å². The average Bonchev–Trinajstić information content (AvgIpc) is 2.79. The molecule has 0 bridgehead atoms. The summed E-state index contributed by atoms with van der Waals surface area (Å²) in [6.45, 7) is 1.75. The van der Waals surface area contributed by atoms with Crippen LogP contribution in [0.5, 0.6) is 0 Å². The van der Waals surface area contributed by atoms with E-state index in [9.17, 15) is 18.8 Å². The molecule has 170 valence electrons. The number of hydrogen-bond donors (Lipinski definition) is 2. The Balaban J connectivity index is 1.59. The van der Waals surface area contributed by atoms with Crippen molar-refractivity contribution in [3.05, 3.63) is 101 Å². The largest absolute Gasteiger partial charge is 0.345 e. The molecule has 0 aliphatic heterocycles. The number of carbonyl (C=O) groups excluding carboxylic acids is 3. The summed E-state index contributed by atoms with van der Waals surface area (Å²) in [5.74, 6) is -1.46. The summed E-state index contributed by atoms with van der Waals surface area (Å²) in [4.78, 5) is 39.0. The van der Waals surface area contributed by atoms with E-state index in [-0.39, 0.29) is 43.7 Å². The van der Waals surface area contributed by atoms with Crippen LogP contribution in [0.3, 0.4) is 0 Å². The molecular weight excluding hydrogens is 421 g/mol. The van der Waals surface area contributed by atoms with E-state index in [1.165, 1.54) is 17.0 Å². The van der Waals surface area contributed by atoms with Crippen LogP contribution in [0.4, 0.5) is 10.1 Å². The van der Waals surface area contributed by atoms with Crippen molar-refractivity contribution in [2.24, 2.45) is 0 Å². The molecule has 7 heteroatoms. The predicted molar refractivity (Wildman–Crippen MR) is 125 cm³/mol. The smallest absolute Gasteiger partial charge is 0.243 e. The van der Waals surface area contributed by atoms with Crippen LogP contribution in [0.1, 0.15) is 16.7 Å². The maximum atomic E-state index is 13.2. The number of nitrogens with zero attached hydrogens (tertiary/aromatic N) is 1. The first-order valence-electron chi connectivity index (χ1n) is 10.6. The maximum Gasteiger partial charge on any atom is 0.243 e. The highest BCUT2D eigenvalue weighted by molar-refractivity contribution is 5.95. The SMILES string of the molecule is Cc1cccc(NC(=O)CNC(=O)CN(Cc2ccccc2)C(=O)Cc2ccc(F)cc2)c1. The van der Waals surface area contributed by atoms with E-state index >= 15 is 0 Å². The Hall–Kier alpha value is -4.00. The summed E-state index contributed by atoms with van der Waals surface area (Å²) in [6.07, 6.45) is 0.0360. The molecule has 3 aromatic carbocycles. The minimum absolute atomic E-state index is 0.0360. The van der Waals surface area contributed by atoms with Crippen LogP contribution in [0.2, 0.25) is 0 Å². The quantitative estimate of drug-likeness (QED) is 0.527. The molecule has 3 aromatic rings. The van der Waals surface area contributed by atoms with Gasteiger partial charge in [-0.15, -0.1) is 0 Å². The lowest BCUT2D eigenvalue weighted by molar-refractivity contribution is -0.136. The van der Waals surface area contributed by atoms with Crippen molar-refractivity contribution in [3.8, 4) is 0 Å². The zero-order chi connectivity index (χ0) is 23.6. The normalized spacial score (nSPS) is 10.4. The number of anilines is 1. The second kappa shape index (κ2) is 11.6. The fourth-order valence-electron chi connectivity index (χ4n) is 3.26. The molecule has 0 spiro atoms. The Bertz CT molecular complexity index is 1100. The number of rotatable bonds is 9. The Kier molecular flexibility index (Phi) is 8.30. The number of nitrogens with one attached hydrogen (secondary N) is 2. The first-order chi connectivity index (χ1) is 15.9. The number of carbonyl (C=O) groups is 3. The second-order valence-electron chi connectivity index (χ2n) is 7.73. The fraction of sp³-hybridized carbons (Fsp3) is 0.192. The molecule has 0 radical (unpaired) electrons. The molecule has 0 aromatic heterocycles. The van der Waals surface area contributed by atoms with E-state index in [4.69, 9.17) is 0 Å². The monoisotopic (exact) mass is 447 g/mol. The first kappa shape index (κ1) is 23.7. The molecule has 0 saturated heterocycles. The van der Waals surface area contributed by atoms with Gasteiger partial charge in [0.15, 0.2) is 0 Å². The van der Waals surface area contributed by atoms with Crippen LogP contribution in [-0.2, 0) is 27.3 Å². The summed E-state index contributed by atoms with van der Waals surface area (Å²) in [7, 11) is 0. The lowest BCUT2D eigenvalue weighted by atomic mass is 10.1. The van der Waals surface area contributed by atoms with E-state index in [0.717, 1.165) is 11.1 Å². The van der Waals surface area contributed by atoms with Gasteiger partial charge in [0.1, 0.15) is 5.82 Å². The summed E-state index contributed by atoms with van der Waals surface area (Å²) in [5, 5.41) is 5.29. The fourth-order valence-corrected chi connectivity index (χ4v) is 3.26. The van der Waals surface area contributed by atoms with Gasteiger partial charge < -0.3 is 15.5 Å². The molecular formula is C26H26FN3O3. The van der Waals surface area contributed by atoms with E-state index in [2.05, 4.69) is 10.6 Å². The van der Waals surface area contributed by atoms with Crippen LogP contribution in [0, 0.1) is 12.7 Å². The highest BCUT2D eigenvalue weighted by Gasteiger charge is 2.19. The number of halogens is 1. The van der Waals surface area contributed by atoms with Crippen LogP contribution in [-0.4, -0.2) is 35.7 Å². The topological polar surface area (TPSA) is 78.5 Å². The molecule has 2 N–H and O–H groups in total. The van der Waals surface area contributed by atoms with Gasteiger partial charge in [-0.1, -0.05) is 54.6 Å². The van der Waals surface area contributed by atoms with Gasteiger partial charge in [-0.3, -0.25) is 14.4 Å². The molecule has 6 nitrogen and oxygen atoms in total. The molecule has 0 unspecified atom stereocenters. The number of aryl methyl sites for hydroxylation is 1. The summed E-state index contributed by atoms with van der Waals surface area (Å²) in [5.41, 5.74) is 3.18. The molecule has 0 aliphatic rings. The van der Waals surface area contributed by atoms with Gasteiger partial charge in [0, 0.05) is 12.2 Å². The lowest BCUT2D eigenvalue weighted by Crippen LogP contribution is -2.43. The van der Waals surface area contributed by atoms with Gasteiger partial charge in [0.2, 0.25) is 17.7 Å². The standard InChI is InChI=1S/C26H26FN3O3/c1-19-6-5-9-23(14-19)29-24(31)16-28-25(32)18-30(17-21-7-3-2-4-8-21)26(33)15-20-10-12-22(27)13-11-20/h2-14H,15-18H2,1H3,(H,28,32)(H,29,31). The van der Waals surface area contributed by atoms with Crippen molar-refractivity contribution in [1.29, 1.82) is 0 Å². The first-order valence-corrected chi connectivity index (χ1v) is 10.6. The molecule has 0 heterocycles. The summed E-state index contributed by atoms with van der Waals surface area (Å²) < 4.78 is 13.2.